The van der Waals surface area contributed by atoms with Crippen LogP contribution < -0.4 is 0 Å². The average Bonchev–Trinajstić information content (AvgIpc) is 2.47. The van der Waals surface area contributed by atoms with E-state index < -0.39 is 0 Å². The molecule has 90 valence electrons. The zero-order valence-corrected chi connectivity index (χ0v) is 10.4. The van der Waals surface area contributed by atoms with Gasteiger partial charge in [0, 0.05) is 25.7 Å². The summed E-state index contributed by atoms with van der Waals surface area (Å²) in [5, 5.41) is 9.81. The zero-order valence-electron chi connectivity index (χ0n) is 10.4. The van der Waals surface area contributed by atoms with Crippen LogP contribution in [0.15, 0.2) is 0 Å². The summed E-state index contributed by atoms with van der Waals surface area (Å²) in [4.78, 5) is 2.27. The van der Waals surface area contributed by atoms with Gasteiger partial charge in [0.2, 0.25) is 0 Å². The van der Waals surface area contributed by atoms with Gasteiger partial charge in [-0.25, -0.2) is 0 Å². The van der Waals surface area contributed by atoms with Crippen molar-refractivity contribution in [3.05, 3.63) is 0 Å². The van der Waals surface area contributed by atoms with Gasteiger partial charge < -0.3 is 9.84 Å². The minimum Gasteiger partial charge on any atom is -0.389 e. The number of likely N-dealkylation sites (tertiary alicyclic amines) is 1. The second-order valence-corrected chi connectivity index (χ2v) is 5.21. The molecule has 0 radical (unpaired) electrons. The summed E-state index contributed by atoms with van der Waals surface area (Å²) in [6, 6.07) is 0.498. The molecule has 1 aliphatic rings. The molecule has 3 heteroatoms. The molecule has 0 aliphatic carbocycles. The molecule has 1 aliphatic heterocycles. The highest BCUT2D eigenvalue weighted by molar-refractivity contribution is 4.86. The van der Waals surface area contributed by atoms with Gasteiger partial charge in [0.25, 0.3) is 0 Å². The molecule has 0 aromatic carbocycles. The molecule has 15 heavy (non-hydrogen) atoms. The fourth-order valence-corrected chi connectivity index (χ4v) is 1.83. The highest BCUT2D eigenvalue weighted by atomic mass is 16.5. The molecule has 0 aromatic heterocycles. The number of hydrogen-bond acceptors (Lipinski definition) is 3. The highest BCUT2D eigenvalue weighted by Crippen LogP contribution is 2.16. The second-order valence-electron chi connectivity index (χ2n) is 5.21. The van der Waals surface area contributed by atoms with Gasteiger partial charge in [-0.15, -0.1) is 0 Å². The number of ether oxygens (including phenoxy) is 1. The predicted octanol–water partition coefficient (Wildman–Crippen LogP) is 1.50. The molecule has 1 fully saturated rings. The van der Waals surface area contributed by atoms with Crippen LogP contribution in [0.3, 0.4) is 0 Å². The number of β-amino-alcohol motifs (C(OH)–C–C–N with tert-alkyl or cyclic N) is 1. The maximum atomic E-state index is 9.81. The Morgan fingerprint density at radius 3 is 2.40 bits per heavy atom. The van der Waals surface area contributed by atoms with E-state index >= 15 is 0 Å². The normalized spacial score (nSPS) is 28.2. The van der Waals surface area contributed by atoms with Gasteiger partial charge in [0.05, 0.1) is 12.2 Å². The molecule has 0 spiro atoms. The Morgan fingerprint density at radius 2 is 1.93 bits per heavy atom. The van der Waals surface area contributed by atoms with Gasteiger partial charge in [0.15, 0.2) is 0 Å². The first kappa shape index (κ1) is 12.9. The van der Waals surface area contributed by atoms with E-state index in [2.05, 4.69) is 32.6 Å². The number of nitrogens with zero attached hydrogens (tertiary/aromatic N) is 1. The van der Waals surface area contributed by atoms with Crippen molar-refractivity contribution in [1.82, 2.24) is 4.90 Å². The van der Waals surface area contributed by atoms with Crippen LogP contribution in [0, 0.1) is 5.92 Å². The molecular weight excluding hydrogens is 190 g/mol. The lowest BCUT2D eigenvalue weighted by Crippen LogP contribution is -2.30. The van der Waals surface area contributed by atoms with E-state index in [0.29, 0.717) is 12.0 Å². The molecule has 0 saturated carbocycles. The lowest BCUT2D eigenvalue weighted by molar-refractivity contribution is -0.0122. The lowest BCUT2D eigenvalue weighted by atomic mass is 10.1. The Balaban J connectivity index is 2.25. The molecule has 1 rings (SSSR count). The van der Waals surface area contributed by atoms with E-state index in [4.69, 9.17) is 4.74 Å². The van der Waals surface area contributed by atoms with Gasteiger partial charge in [0.1, 0.15) is 0 Å². The van der Waals surface area contributed by atoms with Crippen LogP contribution in [-0.2, 0) is 4.74 Å². The summed E-state index contributed by atoms with van der Waals surface area (Å²) in [6.07, 6.45) is 0.788. The molecule has 3 nitrogen and oxygen atoms in total. The Labute approximate surface area is 93.4 Å². The summed E-state index contributed by atoms with van der Waals surface area (Å²) in [7, 11) is 0. The summed E-state index contributed by atoms with van der Waals surface area (Å²) in [6.45, 7) is 11.1. The molecule has 0 amide bonds. The Bertz CT molecular complexity index is 182. The van der Waals surface area contributed by atoms with Crippen LogP contribution in [-0.4, -0.2) is 48.0 Å². The van der Waals surface area contributed by atoms with Crippen molar-refractivity contribution in [2.75, 3.05) is 19.7 Å². The van der Waals surface area contributed by atoms with E-state index in [1.54, 1.807) is 0 Å². The van der Waals surface area contributed by atoms with Crippen LogP contribution in [0.5, 0.6) is 0 Å². The van der Waals surface area contributed by atoms with Crippen molar-refractivity contribution >= 4 is 0 Å². The molecule has 1 saturated heterocycles. The van der Waals surface area contributed by atoms with E-state index in [1.807, 2.05) is 0 Å². The fraction of sp³-hybridized carbons (Fsp3) is 1.00. The number of aliphatic hydroxyl groups is 1. The standard InChI is InChI=1S/C12H25NO2/c1-9(2)5-6-15-12-8-13(10(3)4)7-11(12)14/h9-12,14H,5-8H2,1-4H3. The van der Waals surface area contributed by atoms with E-state index in [1.165, 1.54) is 0 Å². The van der Waals surface area contributed by atoms with Crippen molar-refractivity contribution in [3.8, 4) is 0 Å². The maximum absolute atomic E-state index is 9.81. The maximum Gasteiger partial charge on any atom is 0.0973 e. The van der Waals surface area contributed by atoms with Crippen LogP contribution in [0.25, 0.3) is 0 Å². The van der Waals surface area contributed by atoms with Crippen molar-refractivity contribution in [2.45, 2.75) is 52.4 Å². The van der Waals surface area contributed by atoms with Crippen LogP contribution in [0.4, 0.5) is 0 Å². The van der Waals surface area contributed by atoms with Crippen molar-refractivity contribution in [1.29, 1.82) is 0 Å². The number of aliphatic hydroxyl groups excluding tert-OH is 1. The topological polar surface area (TPSA) is 32.7 Å². The zero-order chi connectivity index (χ0) is 11.4. The average molecular weight is 215 g/mol. The third-order valence-electron chi connectivity index (χ3n) is 3.02. The minimum atomic E-state index is -0.306. The smallest absolute Gasteiger partial charge is 0.0973 e. The molecule has 1 heterocycles. The summed E-state index contributed by atoms with van der Waals surface area (Å²) in [5.74, 6) is 0.671. The first-order valence-corrected chi connectivity index (χ1v) is 6.04. The summed E-state index contributed by atoms with van der Waals surface area (Å²) in [5.41, 5.74) is 0. The van der Waals surface area contributed by atoms with Crippen molar-refractivity contribution in [3.63, 3.8) is 0 Å². The first-order chi connectivity index (χ1) is 7.00. The van der Waals surface area contributed by atoms with E-state index in [0.717, 1.165) is 26.1 Å². The SMILES string of the molecule is CC(C)CCOC1CN(C(C)C)CC1O. The van der Waals surface area contributed by atoms with Gasteiger partial charge in [-0.3, -0.25) is 4.90 Å². The molecule has 2 unspecified atom stereocenters. The largest absolute Gasteiger partial charge is 0.389 e. The van der Waals surface area contributed by atoms with E-state index in [-0.39, 0.29) is 12.2 Å². The Morgan fingerprint density at radius 1 is 1.27 bits per heavy atom. The highest BCUT2D eigenvalue weighted by Gasteiger charge is 2.32. The predicted molar refractivity (Wildman–Crippen MR) is 61.9 cm³/mol. The van der Waals surface area contributed by atoms with Gasteiger partial charge >= 0.3 is 0 Å². The molecule has 2 atom stereocenters. The van der Waals surface area contributed by atoms with Crippen LogP contribution in [0.2, 0.25) is 0 Å². The molecular formula is C12H25NO2. The first-order valence-electron chi connectivity index (χ1n) is 6.04. The van der Waals surface area contributed by atoms with Gasteiger partial charge in [-0.2, -0.15) is 0 Å². The van der Waals surface area contributed by atoms with Crippen LogP contribution >= 0.6 is 0 Å². The van der Waals surface area contributed by atoms with Crippen molar-refractivity contribution < 1.29 is 9.84 Å². The fourth-order valence-electron chi connectivity index (χ4n) is 1.83. The summed E-state index contributed by atoms with van der Waals surface area (Å²) < 4.78 is 5.71. The van der Waals surface area contributed by atoms with Crippen molar-refractivity contribution in [2.24, 2.45) is 5.92 Å². The quantitative estimate of drug-likeness (QED) is 0.754. The van der Waals surface area contributed by atoms with Gasteiger partial charge in [-0.05, 0) is 26.2 Å². The third-order valence-corrected chi connectivity index (χ3v) is 3.02. The minimum absolute atomic E-state index is 0.0196. The molecule has 1 N–H and O–H groups in total. The van der Waals surface area contributed by atoms with Crippen LogP contribution in [0.1, 0.15) is 34.1 Å². The lowest BCUT2D eigenvalue weighted by Gasteiger charge is -2.19. The second kappa shape index (κ2) is 5.83. The molecule has 0 aromatic rings. The monoisotopic (exact) mass is 215 g/mol. The Hall–Kier alpha value is -0.120. The summed E-state index contributed by atoms with van der Waals surface area (Å²) >= 11 is 0. The van der Waals surface area contributed by atoms with Gasteiger partial charge in [-0.1, -0.05) is 13.8 Å². The van der Waals surface area contributed by atoms with E-state index in [9.17, 15) is 5.11 Å². The number of hydrogen-bond donors (Lipinski definition) is 1. The Kier molecular flexibility index (Phi) is 5.03. The third kappa shape index (κ3) is 4.09. The molecule has 0 bridgehead atoms. The number of rotatable bonds is 5.